The van der Waals surface area contributed by atoms with Gasteiger partial charge in [-0.1, -0.05) is 17.7 Å². The monoisotopic (exact) mass is 340 g/mol. The standard InChI is InChI=1S/C19H17ClN2O2/c1-12-5-8-17(15-4-3-9-21-19(12)15)22-18(23)11-24-14-6-7-16(20)13(2)10-14/h3-10H,11H2,1-2H3,(H,22,23). The van der Waals surface area contributed by atoms with Gasteiger partial charge in [-0.15, -0.1) is 0 Å². The van der Waals surface area contributed by atoms with E-state index in [4.69, 9.17) is 16.3 Å². The van der Waals surface area contributed by atoms with Gasteiger partial charge in [-0.25, -0.2) is 0 Å². The maximum Gasteiger partial charge on any atom is 0.262 e. The van der Waals surface area contributed by atoms with Crippen LogP contribution in [0.1, 0.15) is 11.1 Å². The topological polar surface area (TPSA) is 51.2 Å². The van der Waals surface area contributed by atoms with Crippen molar-refractivity contribution in [2.45, 2.75) is 13.8 Å². The number of rotatable bonds is 4. The molecule has 0 aliphatic heterocycles. The number of hydrogen-bond acceptors (Lipinski definition) is 3. The zero-order valence-corrected chi connectivity index (χ0v) is 14.2. The van der Waals surface area contributed by atoms with E-state index in [1.165, 1.54) is 0 Å². The molecule has 5 heteroatoms. The van der Waals surface area contributed by atoms with E-state index < -0.39 is 0 Å². The number of nitrogens with zero attached hydrogens (tertiary/aromatic N) is 1. The van der Waals surface area contributed by atoms with E-state index in [1.807, 2.05) is 38.1 Å². The molecule has 0 atom stereocenters. The summed E-state index contributed by atoms with van der Waals surface area (Å²) < 4.78 is 5.53. The van der Waals surface area contributed by atoms with Crippen molar-refractivity contribution in [3.05, 3.63) is 64.8 Å². The van der Waals surface area contributed by atoms with Gasteiger partial charge in [0.15, 0.2) is 6.61 Å². The fourth-order valence-corrected chi connectivity index (χ4v) is 2.58. The first-order chi connectivity index (χ1) is 11.5. The zero-order chi connectivity index (χ0) is 17.1. The smallest absolute Gasteiger partial charge is 0.262 e. The third-order valence-electron chi connectivity index (χ3n) is 3.74. The Bertz CT molecular complexity index is 909. The van der Waals surface area contributed by atoms with Gasteiger partial charge >= 0.3 is 0 Å². The third kappa shape index (κ3) is 3.49. The van der Waals surface area contributed by atoms with Gasteiger partial charge in [0, 0.05) is 16.6 Å². The number of fused-ring (bicyclic) bond motifs is 1. The first-order valence-corrected chi connectivity index (χ1v) is 7.95. The molecule has 0 fully saturated rings. The van der Waals surface area contributed by atoms with Gasteiger partial charge in [0.05, 0.1) is 11.2 Å². The number of hydrogen-bond donors (Lipinski definition) is 1. The lowest BCUT2D eigenvalue weighted by Crippen LogP contribution is -2.20. The van der Waals surface area contributed by atoms with Crippen LogP contribution in [0.15, 0.2) is 48.7 Å². The van der Waals surface area contributed by atoms with Crippen LogP contribution in [-0.2, 0) is 4.79 Å². The summed E-state index contributed by atoms with van der Waals surface area (Å²) in [5, 5.41) is 4.46. The van der Waals surface area contributed by atoms with E-state index in [2.05, 4.69) is 10.3 Å². The lowest BCUT2D eigenvalue weighted by molar-refractivity contribution is -0.118. The van der Waals surface area contributed by atoms with E-state index in [-0.39, 0.29) is 12.5 Å². The largest absolute Gasteiger partial charge is 0.484 e. The van der Waals surface area contributed by atoms with Gasteiger partial charge in [-0.2, -0.15) is 0 Å². The molecule has 0 saturated heterocycles. The minimum atomic E-state index is -0.225. The molecular formula is C19H17ClN2O2. The summed E-state index contributed by atoms with van der Waals surface area (Å²) in [6.45, 7) is 3.81. The van der Waals surface area contributed by atoms with E-state index in [0.717, 1.165) is 27.7 Å². The molecule has 0 saturated carbocycles. The molecule has 3 aromatic rings. The van der Waals surface area contributed by atoms with Gasteiger partial charge in [-0.3, -0.25) is 9.78 Å². The minimum Gasteiger partial charge on any atom is -0.484 e. The Balaban J connectivity index is 1.71. The number of amides is 1. The van der Waals surface area contributed by atoms with Crippen LogP contribution < -0.4 is 10.1 Å². The maximum atomic E-state index is 12.2. The van der Waals surface area contributed by atoms with Crippen LogP contribution >= 0.6 is 11.6 Å². The second-order valence-corrected chi connectivity index (χ2v) is 5.98. The van der Waals surface area contributed by atoms with Crippen LogP contribution in [0.2, 0.25) is 5.02 Å². The SMILES string of the molecule is Cc1cc(OCC(=O)Nc2ccc(C)c3ncccc23)ccc1Cl. The number of pyridine rings is 1. The summed E-state index contributed by atoms with van der Waals surface area (Å²) in [7, 11) is 0. The Morgan fingerprint density at radius 2 is 2.00 bits per heavy atom. The summed E-state index contributed by atoms with van der Waals surface area (Å²) in [6, 6.07) is 12.9. The number of carbonyl (C=O) groups excluding carboxylic acids is 1. The Morgan fingerprint density at radius 3 is 2.79 bits per heavy atom. The molecule has 0 unspecified atom stereocenters. The Kier molecular flexibility index (Phi) is 4.67. The van der Waals surface area contributed by atoms with Gasteiger partial charge in [0.1, 0.15) is 5.75 Å². The number of halogens is 1. The quantitative estimate of drug-likeness (QED) is 0.759. The highest BCUT2D eigenvalue weighted by Crippen LogP contribution is 2.25. The van der Waals surface area contributed by atoms with Crippen molar-refractivity contribution in [1.82, 2.24) is 4.98 Å². The van der Waals surface area contributed by atoms with E-state index in [9.17, 15) is 4.79 Å². The number of aryl methyl sites for hydroxylation is 2. The number of benzene rings is 2. The molecule has 3 rings (SSSR count). The van der Waals surface area contributed by atoms with Crippen molar-refractivity contribution in [3.8, 4) is 5.75 Å². The number of ether oxygens (including phenoxy) is 1. The maximum absolute atomic E-state index is 12.2. The molecule has 0 spiro atoms. The lowest BCUT2D eigenvalue weighted by atomic mass is 10.1. The molecule has 1 amide bonds. The molecule has 0 aliphatic rings. The van der Waals surface area contributed by atoms with Crippen molar-refractivity contribution in [3.63, 3.8) is 0 Å². The van der Waals surface area contributed by atoms with E-state index >= 15 is 0 Å². The fraction of sp³-hybridized carbons (Fsp3) is 0.158. The Hall–Kier alpha value is -2.59. The molecule has 2 aromatic carbocycles. The number of aromatic nitrogens is 1. The van der Waals surface area contributed by atoms with Crippen LogP contribution in [0.4, 0.5) is 5.69 Å². The highest BCUT2D eigenvalue weighted by Gasteiger charge is 2.09. The van der Waals surface area contributed by atoms with Crippen LogP contribution in [0, 0.1) is 13.8 Å². The highest BCUT2D eigenvalue weighted by molar-refractivity contribution is 6.31. The summed E-state index contributed by atoms with van der Waals surface area (Å²) in [5.41, 5.74) is 3.58. The Morgan fingerprint density at radius 1 is 1.17 bits per heavy atom. The van der Waals surface area contributed by atoms with Crippen molar-refractivity contribution in [2.24, 2.45) is 0 Å². The predicted molar refractivity (Wildman–Crippen MR) is 96.8 cm³/mol. The van der Waals surface area contributed by atoms with Gasteiger partial charge < -0.3 is 10.1 Å². The molecule has 1 aromatic heterocycles. The molecule has 0 radical (unpaired) electrons. The van der Waals surface area contributed by atoms with E-state index in [0.29, 0.717) is 10.8 Å². The van der Waals surface area contributed by atoms with Crippen LogP contribution in [-0.4, -0.2) is 17.5 Å². The van der Waals surface area contributed by atoms with Gasteiger partial charge in [-0.05, 0) is 61.4 Å². The predicted octanol–water partition coefficient (Wildman–Crippen LogP) is 4.52. The van der Waals surface area contributed by atoms with Crippen molar-refractivity contribution in [2.75, 3.05) is 11.9 Å². The normalized spacial score (nSPS) is 10.6. The van der Waals surface area contributed by atoms with Crippen molar-refractivity contribution >= 4 is 34.1 Å². The second-order valence-electron chi connectivity index (χ2n) is 5.58. The molecule has 0 aliphatic carbocycles. The van der Waals surface area contributed by atoms with Crippen LogP contribution in [0.25, 0.3) is 10.9 Å². The zero-order valence-electron chi connectivity index (χ0n) is 13.5. The van der Waals surface area contributed by atoms with Crippen molar-refractivity contribution in [1.29, 1.82) is 0 Å². The van der Waals surface area contributed by atoms with E-state index in [1.54, 1.807) is 24.4 Å². The first-order valence-electron chi connectivity index (χ1n) is 7.58. The van der Waals surface area contributed by atoms with Gasteiger partial charge in [0.25, 0.3) is 5.91 Å². The fourth-order valence-electron chi connectivity index (χ4n) is 2.47. The molecule has 122 valence electrons. The average molecular weight is 341 g/mol. The third-order valence-corrected chi connectivity index (χ3v) is 4.17. The number of nitrogens with one attached hydrogen (secondary N) is 1. The molecule has 4 nitrogen and oxygen atoms in total. The van der Waals surface area contributed by atoms with Gasteiger partial charge in [0.2, 0.25) is 0 Å². The number of anilines is 1. The summed E-state index contributed by atoms with van der Waals surface area (Å²) >= 11 is 5.98. The van der Waals surface area contributed by atoms with Crippen molar-refractivity contribution < 1.29 is 9.53 Å². The first kappa shape index (κ1) is 16.3. The molecule has 1 N–H and O–H groups in total. The average Bonchev–Trinajstić information content (AvgIpc) is 2.59. The summed E-state index contributed by atoms with van der Waals surface area (Å²) in [4.78, 5) is 16.5. The molecule has 1 heterocycles. The highest BCUT2D eigenvalue weighted by atomic mass is 35.5. The number of carbonyl (C=O) groups is 1. The van der Waals surface area contributed by atoms with Crippen LogP contribution in [0.5, 0.6) is 5.75 Å². The van der Waals surface area contributed by atoms with Crippen LogP contribution in [0.3, 0.4) is 0 Å². The molecular weight excluding hydrogens is 324 g/mol. The summed E-state index contributed by atoms with van der Waals surface area (Å²) in [6.07, 6.45) is 1.74. The molecule has 0 bridgehead atoms. The molecule has 24 heavy (non-hydrogen) atoms. The summed E-state index contributed by atoms with van der Waals surface area (Å²) in [5.74, 6) is 0.388. The lowest BCUT2D eigenvalue weighted by Gasteiger charge is -2.11. The second kappa shape index (κ2) is 6.89. The minimum absolute atomic E-state index is 0.0727. The Labute approximate surface area is 145 Å².